The topological polar surface area (TPSA) is 87.2 Å². The van der Waals surface area contributed by atoms with E-state index in [-0.39, 0.29) is 11.8 Å². The summed E-state index contributed by atoms with van der Waals surface area (Å²) in [7, 11) is 1.31. The zero-order valence-electron chi connectivity index (χ0n) is 13.4. The van der Waals surface area contributed by atoms with Gasteiger partial charge in [0, 0.05) is 13.1 Å². The third kappa shape index (κ3) is 2.64. The Labute approximate surface area is 130 Å². The molecule has 0 saturated carbocycles. The summed E-state index contributed by atoms with van der Waals surface area (Å²) >= 11 is 0. The van der Waals surface area contributed by atoms with Gasteiger partial charge in [0.05, 0.1) is 7.11 Å². The predicted molar refractivity (Wildman–Crippen MR) is 78.3 cm³/mol. The van der Waals surface area contributed by atoms with Gasteiger partial charge in [-0.25, -0.2) is 9.59 Å². The van der Waals surface area contributed by atoms with Crippen LogP contribution >= 0.6 is 0 Å². The zero-order valence-corrected chi connectivity index (χ0v) is 13.4. The molecule has 2 fully saturated rings. The van der Waals surface area contributed by atoms with Crippen molar-refractivity contribution in [2.24, 2.45) is 5.92 Å². The number of carbonyl (C=O) groups excluding carboxylic acids is 2. The van der Waals surface area contributed by atoms with Crippen LogP contribution in [-0.4, -0.2) is 64.7 Å². The summed E-state index contributed by atoms with van der Waals surface area (Å²) in [5, 5.41) is 9.35. The average molecular weight is 312 g/mol. The summed E-state index contributed by atoms with van der Waals surface area (Å²) in [6.45, 7) is 4.73. The fourth-order valence-corrected chi connectivity index (χ4v) is 3.65. The van der Waals surface area contributed by atoms with E-state index in [1.54, 1.807) is 0 Å². The van der Waals surface area contributed by atoms with Crippen LogP contribution in [0.3, 0.4) is 0 Å². The molecule has 7 nitrogen and oxygen atoms in total. The third-order valence-corrected chi connectivity index (χ3v) is 4.69. The van der Waals surface area contributed by atoms with Crippen molar-refractivity contribution in [1.29, 1.82) is 0 Å². The average Bonchev–Trinajstić information content (AvgIpc) is 3.02. The number of methoxy groups -OCH3 is 1. The minimum Gasteiger partial charge on any atom is -0.467 e. The Kier molecular flexibility index (Phi) is 4.63. The lowest BCUT2D eigenvalue weighted by Crippen LogP contribution is -2.54. The lowest BCUT2D eigenvalue weighted by atomic mass is 9.94. The molecule has 2 amide bonds. The summed E-state index contributed by atoms with van der Waals surface area (Å²) < 4.78 is 4.84. The number of carbonyl (C=O) groups is 3. The molecule has 2 aliphatic heterocycles. The van der Waals surface area contributed by atoms with Gasteiger partial charge in [-0.2, -0.15) is 0 Å². The highest BCUT2D eigenvalue weighted by Gasteiger charge is 2.57. The number of amides is 2. The maximum absolute atomic E-state index is 12.9. The normalized spacial score (nSPS) is 26.1. The Morgan fingerprint density at radius 1 is 1.32 bits per heavy atom. The van der Waals surface area contributed by atoms with E-state index >= 15 is 0 Å². The smallest absolute Gasteiger partial charge is 0.408 e. The van der Waals surface area contributed by atoms with Gasteiger partial charge in [-0.05, 0) is 31.6 Å². The van der Waals surface area contributed by atoms with Crippen molar-refractivity contribution in [2.75, 3.05) is 20.2 Å². The van der Waals surface area contributed by atoms with Crippen molar-refractivity contribution >= 4 is 18.0 Å². The van der Waals surface area contributed by atoms with Crippen molar-refractivity contribution in [2.45, 2.75) is 51.1 Å². The van der Waals surface area contributed by atoms with Crippen LogP contribution in [0, 0.1) is 5.92 Å². The van der Waals surface area contributed by atoms with Crippen LogP contribution in [0.4, 0.5) is 4.79 Å². The molecule has 0 aromatic heterocycles. The van der Waals surface area contributed by atoms with Gasteiger partial charge >= 0.3 is 12.1 Å². The second-order valence-corrected chi connectivity index (χ2v) is 6.49. The molecule has 0 aromatic rings. The standard InChI is InChI=1S/C15H24N2O5/c1-10(2)9-11(12(18)22-3)16-8-6-15(13(16)19)5-4-7-17(15)14(20)21/h10-11H,4-9H2,1-3H3,(H,20,21)/t11-,15+/m0/s1. The summed E-state index contributed by atoms with van der Waals surface area (Å²) in [4.78, 5) is 39.1. The summed E-state index contributed by atoms with van der Waals surface area (Å²) in [6, 6.07) is -0.631. The highest BCUT2D eigenvalue weighted by Crippen LogP contribution is 2.40. The number of rotatable bonds is 4. The molecular weight excluding hydrogens is 288 g/mol. The first-order valence-electron chi connectivity index (χ1n) is 7.73. The van der Waals surface area contributed by atoms with Crippen molar-refractivity contribution in [3.05, 3.63) is 0 Å². The molecule has 22 heavy (non-hydrogen) atoms. The minimum atomic E-state index is -1.06. The van der Waals surface area contributed by atoms with Gasteiger partial charge in [0.1, 0.15) is 11.6 Å². The molecule has 2 atom stereocenters. The molecule has 1 spiro atoms. The molecule has 124 valence electrons. The van der Waals surface area contributed by atoms with Gasteiger partial charge < -0.3 is 14.7 Å². The van der Waals surface area contributed by atoms with Gasteiger partial charge in [-0.15, -0.1) is 0 Å². The molecule has 0 unspecified atom stereocenters. The molecular formula is C15H24N2O5. The van der Waals surface area contributed by atoms with Crippen molar-refractivity contribution < 1.29 is 24.2 Å². The van der Waals surface area contributed by atoms with Gasteiger partial charge in [-0.1, -0.05) is 13.8 Å². The number of ether oxygens (including phenoxy) is 1. The van der Waals surface area contributed by atoms with Crippen molar-refractivity contribution in [3.8, 4) is 0 Å². The Hall–Kier alpha value is -1.79. The summed E-state index contributed by atoms with van der Waals surface area (Å²) in [5.41, 5.74) is -0.977. The van der Waals surface area contributed by atoms with E-state index in [1.165, 1.54) is 16.9 Å². The van der Waals surface area contributed by atoms with Gasteiger partial charge in [0.2, 0.25) is 5.91 Å². The lowest BCUT2D eigenvalue weighted by Gasteiger charge is -2.33. The highest BCUT2D eigenvalue weighted by atomic mass is 16.5. The van der Waals surface area contributed by atoms with Crippen LogP contribution in [0.1, 0.15) is 39.5 Å². The number of likely N-dealkylation sites (tertiary alicyclic amines) is 2. The van der Waals surface area contributed by atoms with Crippen LogP contribution in [-0.2, 0) is 14.3 Å². The van der Waals surface area contributed by atoms with Gasteiger partial charge in [0.15, 0.2) is 0 Å². The second kappa shape index (κ2) is 6.14. The van der Waals surface area contributed by atoms with E-state index in [4.69, 9.17) is 4.74 Å². The number of carboxylic acid groups (broad SMARTS) is 1. The molecule has 0 aromatic carbocycles. The monoisotopic (exact) mass is 312 g/mol. The van der Waals surface area contributed by atoms with E-state index in [1.807, 2.05) is 13.8 Å². The molecule has 2 rings (SSSR count). The lowest BCUT2D eigenvalue weighted by molar-refractivity contribution is -0.153. The Balaban J connectivity index is 2.25. The number of hydrogen-bond donors (Lipinski definition) is 1. The fourth-order valence-electron chi connectivity index (χ4n) is 3.65. The van der Waals surface area contributed by atoms with Crippen LogP contribution < -0.4 is 0 Å². The molecule has 1 N–H and O–H groups in total. The maximum atomic E-state index is 12.9. The number of esters is 1. The molecule has 0 bridgehead atoms. The molecule has 7 heteroatoms. The maximum Gasteiger partial charge on any atom is 0.408 e. The first-order chi connectivity index (χ1) is 10.3. The minimum absolute atomic E-state index is 0.229. The van der Waals surface area contributed by atoms with Crippen LogP contribution in [0.2, 0.25) is 0 Å². The third-order valence-electron chi connectivity index (χ3n) is 4.69. The molecule has 0 aliphatic carbocycles. The summed E-state index contributed by atoms with van der Waals surface area (Å²) in [6.07, 6.45) is 1.11. The molecule has 0 radical (unpaired) electrons. The SMILES string of the molecule is COC(=O)[C@H](CC(C)C)N1CC[C@]2(CCCN2C(=O)O)C1=O. The van der Waals surface area contributed by atoms with E-state index in [2.05, 4.69) is 0 Å². The zero-order chi connectivity index (χ0) is 16.5. The van der Waals surface area contributed by atoms with E-state index in [9.17, 15) is 19.5 Å². The van der Waals surface area contributed by atoms with Gasteiger partial charge in [-0.3, -0.25) is 9.69 Å². The fraction of sp³-hybridized carbons (Fsp3) is 0.800. The van der Waals surface area contributed by atoms with Crippen LogP contribution in [0.15, 0.2) is 0 Å². The predicted octanol–water partition coefficient (Wildman–Crippen LogP) is 1.32. The van der Waals surface area contributed by atoms with E-state index < -0.39 is 23.6 Å². The summed E-state index contributed by atoms with van der Waals surface area (Å²) in [5.74, 6) is -0.449. The van der Waals surface area contributed by atoms with Crippen LogP contribution in [0.5, 0.6) is 0 Å². The molecule has 2 aliphatic rings. The van der Waals surface area contributed by atoms with Crippen LogP contribution in [0.25, 0.3) is 0 Å². The van der Waals surface area contributed by atoms with Crippen molar-refractivity contribution in [1.82, 2.24) is 9.80 Å². The largest absolute Gasteiger partial charge is 0.467 e. The highest BCUT2D eigenvalue weighted by molar-refractivity contribution is 5.95. The van der Waals surface area contributed by atoms with E-state index in [0.717, 1.165) is 0 Å². The molecule has 2 saturated heterocycles. The van der Waals surface area contributed by atoms with Gasteiger partial charge in [0.25, 0.3) is 0 Å². The molecule has 2 heterocycles. The quantitative estimate of drug-likeness (QED) is 0.791. The second-order valence-electron chi connectivity index (χ2n) is 6.49. The first kappa shape index (κ1) is 16.6. The number of nitrogens with zero attached hydrogens (tertiary/aromatic N) is 2. The Morgan fingerprint density at radius 2 is 2.00 bits per heavy atom. The van der Waals surface area contributed by atoms with E-state index in [0.29, 0.717) is 38.8 Å². The number of hydrogen-bond acceptors (Lipinski definition) is 4. The Morgan fingerprint density at radius 3 is 2.55 bits per heavy atom. The van der Waals surface area contributed by atoms with Crippen molar-refractivity contribution in [3.63, 3.8) is 0 Å². The Bertz CT molecular complexity index is 479. The first-order valence-corrected chi connectivity index (χ1v) is 7.73.